The third kappa shape index (κ3) is 4.34. The molecule has 1 saturated heterocycles. The molecule has 0 saturated carbocycles. The molecule has 3 rings (SSSR count). The van der Waals surface area contributed by atoms with E-state index in [1.165, 1.54) is 0 Å². The molecule has 2 aromatic heterocycles. The number of hydrogen-bond acceptors (Lipinski definition) is 4. The van der Waals surface area contributed by atoms with Crippen LogP contribution in [-0.2, 0) is 6.18 Å². The molecule has 0 radical (unpaired) electrons. The lowest BCUT2D eigenvalue weighted by molar-refractivity contribution is -0.137. The van der Waals surface area contributed by atoms with Crippen LogP contribution < -0.4 is 10.2 Å². The number of piperidine rings is 1. The number of hydrogen-bond donors (Lipinski definition) is 1. The quantitative estimate of drug-likeness (QED) is 0.861. The minimum Gasteiger partial charge on any atom is -0.367 e. The Morgan fingerprint density at radius 2 is 1.96 bits per heavy atom. The van der Waals surface area contributed by atoms with E-state index in [1.54, 1.807) is 0 Å². The summed E-state index contributed by atoms with van der Waals surface area (Å²) in [7, 11) is 0. The van der Waals surface area contributed by atoms with Crippen molar-refractivity contribution in [3.05, 3.63) is 46.7 Å². The zero-order chi connectivity index (χ0) is 18.0. The zero-order valence-electron chi connectivity index (χ0n) is 13.6. The van der Waals surface area contributed by atoms with Gasteiger partial charge in [0.25, 0.3) is 0 Å². The van der Waals surface area contributed by atoms with Gasteiger partial charge < -0.3 is 10.2 Å². The molecule has 3 heterocycles. The molecule has 0 aromatic carbocycles. The van der Waals surface area contributed by atoms with Gasteiger partial charge in [-0.15, -0.1) is 0 Å². The number of halogens is 4. The first-order valence-corrected chi connectivity index (χ1v) is 8.38. The lowest BCUT2D eigenvalue weighted by Gasteiger charge is -2.34. The lowest BCUT2D eigenvalue weighted by Crippen LogP contribution is -2.39. The van der Waals surface area contributed by atoms with Crippen molar-refractivity contribution >= 4 is 23.2 Å². The maximum atomic E-state index is 12.7. The monoisotopic (exact) mass is 370 g/mol. The second-order valence-electron chi connectivity index (χ2n) is 6.10. The molecule has 1 fully saturated rings. The fourth-order valence-electron chi connectivity index (χ4n) is 2.89. The van der Waals surface area contributed by atoms with Crippen molar-refractivity contribution in [3.63, 3.8) is 0 Å². The van der Waals surface area contributed by atoms with Gasteiger partial charge >= 0.3 is 6.18 Å². The highest BCUT2D eigenvalue weighted by Crippen LogP contribution is 2.34. The van der Waals surface area contributed by atoms with E-state index in [0.717, 1.165) is 36.6 Å². The van der Waals surface area contributed by atoms with Crippen molar-refractivity contribution in [2.45, 2.75) is 32.0 Å². The van der Waals surface area contributed by atoms with Crippen LogP contribution in [0.1, 0.15) is 24.1 Å². The predicted molar refractivity (Wildman–Crippen MR) is 92.1 cm³/mol. The minimum absolute atomic E-state index is 0.0292. The van der Waals surface area contributed by atoms with Crippen LogP contribution in [0.25, 0.3) is 0 Å². The number of nitrogens with one attached hydrogen (secondary N) is 1. The van der Waals surface area contributed by atoms with E-state index in [4.69, 9.17) is 11.6 Å². The molecule has 1 aliphatic heterocycles. The van der Waals surface area contributed by atoms with Gasteiger partial charge in [-0.2, -0.15) is 13.2 Å². The number of nitrogens with zero attached hydrogens (tertiary/aromatic N) is 3. The van der Waals surface area contributed by atoms with Crippen LogP contribution in [0, 0.1) is 6.92 Å². The van der Waals surface area contributed by atoms with Crippen LogP contribution in [0.2, 0.25) is 5.02 Å². The molecule has 0 amide bonds. The van der Waals surface area contributed by atoms with E-state index < -0.39 is 11.7 Å². The summed E-state index contributed by atoms with van der Waals surface area (Å²) in [6.45, 7) is 3.27. The highest BCUT2D eigenvalue weighted by molar-refractivity contribution is 6.33. The summed E-state index contributed by atoms with van der Waals surface area (Å²) in [4.78, 5) is 10.3. The average Bonchev–Trinajstić information content (AvgIpc) is 2.55. The van der Waals surface area contributed by atoms with E-state index in [0.29, 0.717) is 18.9 Å². The van der Waals surface area contributed by atoms with Gasteiger partial charge in [0.2, 0.25) is 0 Å². The molecule has 25 heavy (non-hydrogen) atoms. The summed E-state index contributed by atoms with van der Waals surface area (Å²) in [5.41, 5.74) is 0.117. The molecular formula is C17H18ClF3N4. The molecule has 2 aromatic rings. The SMILES string of the molecule is Cc1cccc(NC2CCN(c3ncc(C(F)(F)F)cc3Cl)CC2)n1. The summed E-state index contributed by atoms with van der Waals surface area (Å²) in [6, 6.07) is 7.01. The van der Waals surface area contributed by atoms with Gasteiger partial charge in [0.1, 0.15) is 11.6 Å². The number of rotatable bonds is 3. The van der Waals surface area contributed by atoms with E-state index in [2.05, 4.69) is 15.3 Å². The smallest absolute Gasteiger partial charge is 0.367 e. The molecule has 0 spiro atoms. The second-order valence-corrected chi connectivity index (χ2v) is 6.50. The summed E-state index contributed by atoms with van der Waals surface area (Å²) in [6.07, 6.45) is -1.95. The first kappa shape index (κ1) is 17.8. The van der Waals surface area contributed by atoms with Crippen LogP contribution in [0.4, 0.5) is 24.8 Å². The van der Waals surface area contributed by atoms with Gasteiger partial charge in [0.05, 0.1) is 10.6 Å². The summed E-state index contributed by atoms with van der Waals surface area (Å²) in [5, 5.41) is 3.43. The predicted octanol–water partition coefficient (Wildman–Crippen LogP) is 4.54. The summed E-state index contributed by atoms with van der Waals surface area (Å²) in [5.74, 6) is 1.24. The Morgan fingerprint density at radius 1 is 1.24 bits per heavy atom. The van der Waals surface area contributed by atoms with Crippen molar-refractivity contribution in [1.29, 1.82) is 0 Å². The van der Waals surface area contributed by atoms with Crippen molar-refractivity contribution in [2.24, 2.45) is 0 Å². The second kappa shape index (κ2) is 7.07. The summed E-state index contributed by atoms with van der Waals surface area (Å²) >= 11 is 6.02. The fraction of sp³-hybridized carbons (Fsp3) is 0.412. The normalized spacial score (nSPS) is 16.1. The Balaban J connectivity index is 1.62. The first-order chi connectivity index (χ1) is 11.8. The van der Waals surface area contributed by atoms with Gasteiger partial charge in [-0.1, -0.05) is 17.7 Å². The van der Waals surface area contributed by atoms with Gasteiger partial charge in [-0.25, -0.2) is 9.97 Å². The maximum Gasteiger partial charge on any atom is 0.417 e. The number of anilines is 2. The number of alkyl halides is 3. The van der Waals surface area contributed by atoms with Gasteiger partial charge in [0, 0.05) is 31.0 Å². The van der Waals surface area contributed by atoms with Crippen molar-refractivity contribution < 1.29 is 13.2 Å². The van der Waals surface area contributed by atoms with E-state index in [1.807, 2.05) is 30.0 Å². The van der Waals surface area contributed by atoms with E-state index in [9.17, 15) is 13.2 Å². The molecule has 0 bridgehead atoms. The lowest BCUT2D eigenvalue weighted by atomic mass is 10.0. The first-order valence-electron chi connectivity index (χ1n) is 8.01. The van der Waals surface area contributed by atoms with Crippen LogP contribution >= 0.6 is 11.6 Å². The highest BCUT2D eigenvalue weighted by atomic mass is 35.5. The fourth-order valence-corrected chi connectivity index (χ4v) is 3.17. The van der Waals surface area contributed by atoms with Gasteiger partial charge in [0.15, 0.2) is 0 Å². The molecular weight excluding hydrogens is 353 g/mol. The maximum absolute atomic E-state index is 12.7. The molecule has 134 valence electrons. The minimum atomic E-state index is -4.44. The molecule has 1 N–H and O–H groups in total. The Bertz CT molecular complexity index is 743. The van der Waals surface area contributed by atoms with Crippen molar-refractivity contribution in [1.82, 2.24) is 9.97 Å². The van der Waals surface area contributed by atoms with Crippen LogP contribution in [0.5, 0.6) is 0 Å². The number of aromatic nitrogens is 2. The third-order valence-electron chi connectivity index (χ3n) is 4.18. The van der Waals surface area contributed by atoms with Crippen LogP contribution in [0.15, 0.2) is 30.5 Å². The molecule has 0 aliphatic carbocycles. The van der Waals surface area contributed by atoms with Crippen molar-refractivity contribution in [3.8, 4) is 0 Å². The molecule has 8 heteroatoms. The zero-order valence-corrected chi connectivity index (χ0v) is 14.4. The molecule has 4 nitrogen and oxygen atoms in total. The van der Waals surface area contributed by atoms with Crippen LogP contribution in [-0.4, -0.2) is 29.1 Å². The third-order valence-corrected chi connectivity index (χ3v) is 4.46. The van der Waals surface area contributed by atoms with E-state index in [-0.39, 0.29) is 11.1 Å². The van der Waals surface area contributed by atoms with Crippen molar-refractivity contribution in [2.75, 3.05) is 23.3 Å². The largest absolute Gasteiger partial charge is 0.417 e. The number of aryl methyl sites for hydroxylation is 1. The average molecular weight is 371 g/mol. The standard InChI is InChI=1S/C17H18ClF3N4/c1-11-3-2-4-15(23-11)24-13-5-7-25(8-6-13)16-14(18)9-12(10-22-16)17(19,20)21/h2-4,9-10,13H,5-8H2,1H3,(H,23,24). The highest BCUT2D eigenvalue weighted by Gasteiger charge is 2.32. The Kier molecular flexibility index (Phi) is 5.03. The molecule has 0 unspecified atom stereocenters. The Morgan fingerprint density at radius 3 is 2.56 bits per heavy atom. The molecule has 1 aliphatic rings. The van der Waals surface area contributed by atoms with Gasteiger partial charge in [-0.05, 0) is 38.0 Å². The topological polar surface area (TPSA) is 41.0 Å². The van der Waals surface area contributed by atoms with Crippen LogP contribution in [0.3, 0.4) is 0 Å². The summed E-state index contributed by atoms with van der Waals surface area (Å²) < 4.78 is 38.1. The molecule has 0 atom stereocenters. The number of pyridine rings is 2. The Hall–Kier alpha value is -2.02. The Labute approximate surface area is 149 Å². The van der Waals surface area contributed by atoms with E-state index >= 15 is 0 Å². The van der Waals surface area contributed by atoms with Gasteiger partial charge in [-0.3, -0.25) is 0 Å².